The van der Waals surface area contributed by atoms with E-state index in [0.717, 1.165) is 5.06 Å². The fourth-order valence-corrected chi connectivity index (χ4v) is 2.54. The van der Waals surface area contributed by atoms with E-state index in [2.05, 4.69) is 26.8 Å². The topological polar surface area (TPSA) is 94.2 Å². The van der Waals surface area contributed by atoms with Crippen LogP contribution in [0.3, 0.4) is 0 Å². The predicted molar refractivity (Wildman–Crippen MR) is 106 cm³/mol. The standard InChI is InChI=1S/C21H18FN5O2/c1-13-16(7-4-14-5-9-19(23)24-11-14)20(26-12-25-13)15-6-8-17(18(22)10-15)21(28)27(2)29-3/h5-6,8-12H,1-3H3,(H2,23,24). The normalized spacial score (nSPS) is 10.2. The Morgan fingerprint density at radius 1 is 1.17 bits per heavy atom. The number of hydrogen-bond acceptors (Lipinski definition) is 6. The second-order valence-electron chi connectivity index (χ2n) is 6.08. The molecule has 1 amide bonds. The summed E-state index contributed by atoms with van der Waals surface area (Å²) in [6, 6.07) is 7.65. The number of nitrogen functional groups attached to an aromatic ring is 1. The number of pyridine rings is 1. The van der Waals surface area contributed by atoms with Crippen LogP contribution in [0.25, 0.3) is 11.3 Å². The number of halogens is 1. The Balaban J connectivity index is 2.02. The van der Waals surface area contributed by atoms with Crippen molar-refractivity contribution < 1.29 is 14.0 Å². The molecule has 0 spiro atoms. The molecule has 2 N–H and O–H groups in total. The number of nitrogens with zero attached hydrogens (tertiary/aromatic N) is 4. The number of rotatable bonds is 3. The zero-order valence-corrected chi connectivity index (χ0v) is 16.1. The van der Waals surface area contributed by atoms with Crippen LogP contribution in [0.2, 0.25) is 0 Å². The van der Waals surface area contributed by atoms with E-state index in [1.54, 1.807) is 31.3 Å². The molecule has 29 heavy (non-hydrogen) atoms. The highest BCUT2D eigenvalue weighted by Crippen LogP contribution is 2.25. The number of nitrogens with two attached hydrogens (primary N) is 1. The molecular weight excluding hydrogens is 373 g/mol. The van der Waals surface area contributed by atoms with Gasteiger partial charge in [-0.15, -0.1) is 0 Å². The Morgan fingerprint density at radius 2 is 1.97 bits per heavy atom. The van der Waals surface area contributed by atoms with Crippen molar-refractivity contribution in [2.75, 3.05) is 19.9 Å². The number of hydrogen-bond donors (Lipinski definition) is 1. The minimum absolute atomic E-state index is 0.107. The molecule has 0 saturated heterocycles. The summed E-state index contributed by atoms with van der Waals surface area (Å²) in [6.07, 6.45) is 2.95. The van der Waals surface area contributed by atoms with Crippen LogP contribution in [0.5, 0.6) is 0 Å². The number of anilines is 1. The first-order chi connectivity index (χ1) is 13.9. The zero-order chi connectivity index (χ0) is 21.0. The quantitative estimate of drug-likeness (QED) is 0.545. The summed E-state index contributed by atoms with van der Waals surface area (Å²) in [4.78, 5) is 29.4. The minimum Gasteiger partial charge on any atom is -0.384 e. The highest BCUT2D eigenvalue weighted by atomic mass is 19.1. The van der Waals surface area contributed by atoms with Gasteiger partial charge < -0.3 is 5.73 Å². The fourth-order valence-electron chi connectivity index (χ4n) is 2.54. The summed E-state index contributed by atoms with van der Waals surface area (Å²) >= 11 is 0. The molecule has 146 valence electrons. The molecule has 0 saturated carbocycles. The number of amides is 1. The second kappa shape index (κ2) is 8.46. The van der Waals surface area contributed by atoms with Crippen LogP contribution in [0, 0.1) is 24.6 Å². The van der Waals surface area contributed by atoms with Crippen molar-refractivity contribution >= 4 is 11.7 Å². The predicted octanol–water partition coefficient (Wildman–Crippen LogP) is 2.60. The van der Waals surface area contributed by atoms with E-state index < -0.39 is 11.7 Å². The van der Waals surface area contributed by atoms with Crippen LogP contribution in [0.4, 0.5) is 10.2 Å². The van der Waals surface area contributed by atoms with Gasteiger partial charge in [0.1, 0.15) is 18.0 Å². The Kier molecular flexibility index (Phi) is 5.81. The lowest BCUT2D eigenvalue weighted by atomic mass is 10.0. The number of hydroxylamine groups is 2. The van der Waals surface area contributed by atoms with Gasteiger partial charge in [0.15, 0.2) is 0 Å². The van der Waals surface area contributed by atoms with E-state index in [1.807, 2.05) is 0 Å². The second-order valence-corrected chi connectivity index (χ2v) is 6.08. The first kappa shape index (κ1) is 19.9. The molecule has 3 rings (SSSR count). The number of carbonyl (C=O) groups is 1. The molecule has 0 radical (unpaired) electrons. The molecule has 1 aromatic carbocycles. The van der Waals surface area contributed by atoms with Crippen LogP contribution in [0.15, 0.2) is 42.9 Å². The summed E-state index contributed by atoms with van der Waals surface area (Å²) in [5.41, 5.74) is 8.28. The summed E-state index contributed by atoms with van der Waals surface area (Å²) in [5.74, 6) is 5.14. The monoisotopic (exact) mass is 391 g/mol. The number of carbonyl (C=O) groups excluding carboxylic acids is 1. The van der Waals surface area contributed by atoms with Crippen molar-refractivity contribution in [2.24, 2.45) is 0 Å². The molecule has 0 fully saturated rings. The third-order valence-corrected chi connectivity index (χ3v) is 4.19. The molecule has 0 aliphatic carbocycles. The van der Waals surface area contributed by atoms with Crippen LogP contribution in [-0.2, 0) is 4.84 Å². The minimum atomic E-state index is -0.686. The lowest BCUT2D eigenvalue weighted by Crippen LogP contribution is -2.26. The largest absolute Gasteiger partial charge is 0.384 e. The van der Waals surface area contributed by atoms with Gasteiger partial charge in [-0.25, -0.2) is 24.4 Å². The lowest BCUT2D eigenvalue weighted by molar-refractivity contribution is -0.0759. The van der Waals surface area contributed by atoms with Gasteiger partial charge in [-0.2, -0.15) is 0 Å². The summed E-state index contributed by atoms with van der Waals surface area (Å²) in [7, 11) is 2.73. The summed E-state index contributed by atoms with van der Waals surface area (Å²) < 4.78 is 14.6. The first-order valence-electron chi connectivity index (χ1n) is 8.58. The lowest BCUT2D eigenvalue weighted by Gasteiger charge is -2.14. The van der Waals surface area contributed by atoms with E-state index in [9.17, 15) is 9.18 Å². The molecule has 0 atom stereocenters. The van der Waals surface area contributed by atoms with Gasteiger partial charge in [-0.1, -0.05) is 17.9 Å². The van der Waals surface area contributed by atoms with Crippen molar-refractivity contribution in [1.29, 1.82) is 0 Å². The summed E-state index contributed by atoms with van der Waals surface area (Å²) in [6.45, 7) is 1.79. The number of aromatic nitrogens is 3. The highest BCUT2D eigenvalue weighted by Gasteiger charge is 2.18. The molecular formula is C21H18FN5O2. The van der Waals surface area contributed by atoms with Gasteiger partial charge in [-0.3, -0.25) is 9.63 Å². The average Bonchev–Trinajstić information content (AvgIpc) is 2.72. The van der Waals surface area contributed by atoms with E-state index >= 15 is 0 Å². The number of aryl methyl sites for hydroxylation is 1. The molecule has 0 bridgehead atoms. The molecule has 0 aliphatic rings. The fraction of sp³-hybridized carbons (Fsp3) is 0.143. The van der Waals surface area contributed by atoms with E-state index in [-0.39, 0.29) is 5.56 Å². The maximum absolute atomic E-state index is 14.6. The van der Waals surface area contributed by atoms with Crippen molar-refractivity contribution in [2.45, 2.75) is 6.92 Å². The van der Waals surface area contributed by atoms with Gasteiger partial charge in [-0.05, 0) is 31.2 Å². The van der Waals surface area contributed by atoms with Crippen molar-refractivity contribution in [3.63, 3.8) is 0 Å². The van der Waals surface area contributed by atoms with Crippen LogP contribution in [0.1, 0.15) is 27.2 Å². The van der Waals surface area contributed by atoms with Gasteiger partial charge in [0.05, 0.1) is 29.6 Å². The van der Waals surface area contributed by atoms with Gasteiger partial charge >= 0.3 is 0 Å². The SMILES string of the molecule is CON(C)C(=O)c1ccc(-c2ncnc(C)c2C#Cc2ccc(N)nc2)cc1F. The van der Waals surface area contributed by atoms with Crippen molar-refractivity contribution in [1.82, 2.24) is 20.0 Å². The Labute approximate surface area is 167 Å². The molecule has 8 heteroatoms. The first-order valence-corrected chi connectivity index (χ1v) is 8.58. The van der Waals surface area contributed by atoms with Crippen molar-refractivity contribution in [3.05, 3.63) is 71.1 Å². The third-order valence-electron chi connectivity index (χ3n) is 4.19. The van der Waals surface area contributed by atoms with E-state index in [1.165, 1.54) is 32.6 Å². The number of benzene rings is 1. The Bertz CT molecular complexity index is 1120. The molecule has 3 aromatic rings. The van der Waals surface area contributed by atoms with Crippen LogP contribution >= 0.6 is 0 Å². The molecule has 7 nitrogen and oxygen atoms in total. The Hall–Kier alpha value is -3.83. The zero-order valence-electron chi connectivity index (χ0n) is 16.1. The average molecular weight is 391 g/mol. The van der Waals surface area contributed by atoms with E-state index in [0.29, 0.717) is 33.9 Å². The molecule has 0 unspecified atom stereocenters. The smallest absolute Gasteiger partial charge is 0.280 e. The van der Waals surface area contributed by atoms with Gasteiger partial charge in [0.25, 0.3) is 5.91 Å². The Morgan fingerprint density at radius 3 is 2.62 bits per heavy atom. The molecule has 2 aromatic heterocycles. The highest BCUT2D eigenvalue weighted by molar-refractivity contribution is 5.94. The van der Waals surface area contributed by atoms with Crippen LogP contribution in [-0.4, -0.2) is 40.1 Å². The van der Waals surface area contributed by atoms with E-state index in [4.69, 9.17) is 10.6 Å². The molecule has 0 aliphatic heterocycles. The molecule has 2 heterocycles. The summed E-state index contributed by atoms with van der Waals surface area (Å²) in [5, 5.41) is 0.949. The maximum Gasteiger partial charge on any atom is 0.280 e. The van der Waals surface area contributed by atoms with Gasteiger partial charge in [0.2, 0.25) is 0 Å². The van der Waals surface area contributed by atoms with Gasteiger partial charge in [0, 0.05) is 24.4 Å². The third kappa shape index (κ3) is 4.36. The maximum atomic E-state index is 14.6. The van der Waals surface area contributed by atoms with Crippen molar-refractivity contribution in [3.8, 4) is 23.1 Å². The van der Waals surface area contributed by atoms with Crippen LogP contribution < -0.4 is 5.73 Å².